The first kappa shape index (κ1) is 15.4. The van der Waals surface area contributed by atoms with Crippen molar-refractivity contribution in [3.8, 4) is 11.3 Å². The average Bonchev–Trinajstić information content (AvgIpc) is 2.85. The molecule has 1 unspecified atom stereocenters. The second-order valence-corrected chi connectivity index (χ2v) is 8.24. The van der Waals surface area contributed by atoms with Gasteiger partial charge in [-0.25, -0.2) is 12.8 Å². The largest absolute Gasteiger partial charge is 0.252 e. The van der Waals surface area contributed by atoms with Gasteiger partial charge in [0.2, 0.25) is 0 Å². The highest BCUT2D eigenvalue weighted by molar-refractivity contribution is 7.91. The quantitative estimate of drug-likeness (QED) is 0.859. The van der Waals surface area contributed by atoms with Crippen LogP contribution in [0.2, 0.25) is 5.02 Å². The Labute approximate surface area is 133 Å². The van der Waals surface area contributed by atoms with Gasteiger partial charge in [-0.15, -0.1) is 5.10 Å². The van der Waals surface area contributed by atoms with Crippen molar-refractivity contribution >= 4 is 21.4 Å². The fourth-order valence-electron chi connectivity index (χ4n) is 2.73. The SMILES string of the molecule is O=S1(=O)CCCC(Cn2cc(-c3ccc(Cl)cc3F)nn2)C1. The van der Waals surface area contributed by atoms with Gasteiger partial charge in [0.15, 0.2) is 9.84 Å². The Bertz CT molecular complexity index is 791. The molecule has 0 N–H and O–H groups in total. The zero-order chi connectivity index (χ0) is 15.7. The van der Waals surface area contributed by atoms with Crippen LogP contribution in [0.4, 0.5) is 4.39 Å². The minimum atomic E-state index is -2.95. The number of sulfone groups is 1. The normalized spacial score (nSPS) is 20.9. The summed E-state index contributed by atoms with van der Waals surface area (Å²) in [4.78, 5) is 0. The number of halogens is 2. The van der Waals surface area contributed by atoms with Crippen molar-refractivity contribution in [1.29, 1.82) is 0 Å². The summed E-state index contributed by atoms with van der Waals surface area (Å²) >= 11 is 5.73. The monoisotopic (exact) mass is 343 g/mol. The number of rotatable bonds is 3. The van der Waals surface area contributed by atoms with Gasteiger partial charge < -0.3 is 0 Å². The number of hydrogen-bond acceptors (Lipinski definition) is 4. The van der Waals surface area contributed by atoms with E-state index in [0.29, 0.717) is 29.2 Å². The number of aromatic nitrogens is 3. The van der Waals surface area contributed by atoms with E-state index in [1.807, 2.05) is 0 Å². The minimum Gasteiger partial charge on any atom is -0.252 e. The molecule has 1 fully saturated rings. The van der Waals surface area contributed by atoms with Crippen LogP contribution in [0, 0.1) is 11.7 Å². The lowest BCUT2D eigenvalue weighted by molar-refractivity contribution is 0.400. The van der Waals surface area contributed by atoms with Crippen molar-refractivity contribution in [2.75, 3.05) is 11.5 Å². The number of nitrogens with zero attached hydrogens (tertiary/aromatic N) is 3. The highest BCUT2D eigenvalue weighted by atomic mass is 35.5. The summed E-state index contributed by atoms with van der Waals surface area (Å²) in [5, 5.41) is 8.25. The third-order valence-corrected chi connectivity index (χ3v) is 5.87. The van der Waals surface area contributed by atoms with Crippen LogP contribution in [0.5, 0.6) is 0 Å². The molecule has 0 radical (unpaired) electrons. The summed E-state index contributed by atoms with van der Waals surface area (Å²) in [7, 11) is -2.95. The lowest BCUT2D eigenvalue weighted by Gasteiger charge is -2.21. The second-order valence-electron chi connectivity index (χ2n) is 5.57. The van der Waals surface area contributed by atoms with Crippen molar-refractivity contribution in [3.63, 3.8) is 0 Å². The predicted octanol–water partition coefficient (Wildman–Crippen LogP) is 2.56. The van der Waals surface area contributed by atoms with Gasteiger partial charge in [0.1, 0.15) is 11.5 Å². The molecule has 0 saturated carbocycles. The van der Waals surface area contributed by atoms with Crippen LogP contribution in [-0.2, 0) is 16.4 Å². The van der Waals surface area contributed by atoms with E-state index in [9.17, 15) is 12.8 Å². The van der Waals surface area contributed by atoms with Crippen LogP contribution < -0.4 is 0 Å². The molecule has 0 aliphatic carbocycles. The maximum atomic E-state index is 13.9. The third kappa shape index (κ3) is 3.47. The molecule has 1 atom stereocenters. The van der Waals surface area contributed by atoms with Crippen molar-refractivity contribution in [3.05, 3.63) is 35.2 Å². The molecule has 22 heavy (non-hydrogen) atoms. The number of benzene rings is 1. The maximum Gasteiger partial charge on any atom is 0.150 e. The van der Waals surface area contributed by atoms with Gasteiger partial charge in [0.25, 0.3) is 0 Å². The predicted molar refractivity (Wildman–Crippen MR) is 81.8 cm³/mol. The Morgan fingerprint density at radius 1 is 1.41 bits per heavy atom. The first-order valence-corrected chi connectivity index (χ1v) is 9.19. The van der Waals surface area contributed by atoms with Crippen LogP contribution in [0.15, 0.2) is 24.4 Å². The molecular formula is C14H15ClFN3O2S. The first-order valence-electron chi connectivity index (χ1n) is 6.99. The summed E-state index contributed by atoms with van der Waals surface area (Å²) < 4.78 is 38.7. The molecule has 5 nitrogen and oxygen atoms in total. The summed E-state index contributed by atoms with van der Waals surface area (Å²) in [6, 6.07) is 4.37. The van der Waals surface area contributed by atoms with Crippen LogP contribution in [0.1, 0.15) is 12.8 Å². The molecule has 0 amide bonds. The highest BCUT2D eigenvalue weighted by Gasteiger charge is 2.25. The smallest absolute Gasteiger partial charge is 0.150 e. The Morgan fingerprint density at radius 2 is 2.23 bits per heavy atom. The molecule has 0 bridgehead atoms. The maximum absolute atomic E-state index is 13.9. The summed E-state index contributed by atoms with van der Waals surface area (Å²) in [5.41, 5.74) is 0.736. The summed E-state index contributed by atoms with van der Waals surface area (Å²) in [6.45, 7) is 0.474. The number of hydrogen-bond donors (Lipinski definition) is 0. The van der Waals surface area contributed by atoms with Crippen LogP contribution in [-0.4, -0.2) is 34.9 Å². The Kier molecular flexibility index (Phi) is 4.18. The molecule has 0 spiro atoms. The van der Waals surface area contributed by atoms with Crippen molar-refractivity contribution < 1.29 is 12.8 Å². The molecule has 3 rings (SSSR count). The van der Waals surface area contributed by atoms with E-state index in [1.54, 1.807) is 23.0 Å². The van der Waals surface area contributed by atoms with Crippen molar-refractivity contribution in [2.24, 2.45) is 5.92 Å². The molecule has 118 valence electrons. The molecule has 1 saturated heterocycles. The molecule has 2 heterocycles. The first-order chi connectivity index (χ1) is 10.4. The fourth-order valence-corrected chi connectivity index (χ4v) is 4.66. The molecule has 8 heteroatoms. The average molecular weight is 344 g/mol. The summed E-state index contributed by atoms with van der Waals surface area (Å²) in [5.74, 6) is 0.0164. The Morgan fingerprint density at radius 3 is 2.95 bits per heavy atom. The Balaban J connectivity index is 1.76. The molecule has 1 aliphatic heterocycles. The van der Waals surface area contributed by atoms with E-state index in [-0.39, 0.29) is 17.4 Å². The lowest BCUT2D eigenvalue weighted by atomic mass is 10.1. The second kappa shape index (κ2) is 5.96. The lowest BCUT2D eigenvalue weighted by Crippen LogP contribution is -2.28. The standard InChI is InChI=1S/C14H15ClFN3O2S/c15-11-3-4-12(13(16)6-11)14-8-19(18-17-14)7-10-2-1-5-22(20,21)9-10/h3-4,6,8,10H,1-2,5,7,9H2. The minimum absolute atomic E-state index is 0.0309. The van der Waals surface area contributed by atoms with Crippen LogP contribution in [0.3, 0.4) is 0 Å². The zero-order valence-corrected chi connectivity index (χ0v) is 13.3. The fraction of sp³-hybridized carbons (Fsp3) is 0.429. The molecule has 1 aliphatic rings. The van der Waals surface area contributed by atoms with Crippen LogP contribution >= 0.6 is 11.6 Å². The van der Waals surface area contributed by atoms with Gasteiger partial charge >= 0.3 is 0 Å². The van der Waals surface area contributed by atoms with Gasteiger partial charge in [-0.2, -0.15) is 0 Å². The molecular weight excluding hydrogens is 329 g/mol. The molecule has 1 aromatic heterocycles. The van der Waals surface area contributed by atoms with E-state index in [0.717, 1.165) is 6.42 Å². The van der Waals surface area contributed by atoms with E-state index in [1.165, 1.54) is 6.07 Å². The van der Waals surface area contributed by atoms with E-state index < -0.39 is 15.7 Å². The van der Waals surface area contributed by atoms with Crippen LogP contribution in [0.25, 0.3) is 11.3 Å². The third-order valence-electron chi connectivity index (χ3n) is 3.75. The zero-order valence-electron chi connectivity index (χ0n) is 11.7. The highest BCUT2D eigenvalue weighted by Crippen LogP contribution is 2.24. The van der Waals surface area contributed by atoms with Gasteiger partial charge in [0, 0.05) is 17.1 Å². The van der Waals surface area contributed by atoms with Gasteiger partial charge in [-0.1, -0.05) is 16.8 Å². The van der Waals surface area contributed by atoms with Gasteiger partial charge in [-0.05, 0) is 37.0 Å². The molecule has 2 aromatic rings. The van der Waals surface area contributed by atoms with E-state index in [4.69, 9.17) is 11.6 Å². The van der Waals surface area contributed by atoms with E-state index in [2.05, 4.69) is 10.3 Å². The van der Waals surface area contributed by atoms with Crippen molar-refractivity contribution in [1.82, 2.24) is 15.0 Å². The molecule has 1 aromatic carbocycles. The van der Waals surface area contributed by atoms with Crippen molar-refractivity contribution in [2.45, 2.75) is 19.4 Å². The van der Waals surface area contributed by atoms with Gasteiger partial charge in [0.05, 0.1) is 17.7 Å². The van der Waals surface area contributed by atoms with E-state index >= 15 is 0 Å². The Hall–Kier alpha value is -1.47. The topological polar surface area (TPSA) is 64.8 Å². The summed E-state index contributed by atoms with van der Waals surface area (Å²) in [6.07, 6.45) is 3.16. The van der Waals surface area contributed by atoms with Gasteiger partial charge in [-0.3, -0.25) is 4.68 Å².